The number of amides is 1. The van der Waals surface area contributed by atoms with Gasteiger partial charge in [0.15, 0.2) is 6.10 Å². The average molecular weight is 361 g/mol. The minimum absolute atomic E-state index is 0.0365. The number of rotatable bonds is 6. The fourth-order valence-electron chi connectivity index (χ4n) is 2.96. The number of fused-ring (bicyclic) bond motifs is 1. The van der Waals surface area contributed by atoms with E-state index in [1.54, 1.807) is 6.92 Å². The number of carbonyl (C=O) groups is 2. The van der Waals surface area contributed by atoms with Crippen molar-refractivity contribution in [1.29, 1.82) is 0 Å². The molecule has 4 heteroatoms. The average Bonchev–Trinajstić information content (AvgIpc) is 2.68. The zero-order chi connectivity index (χ0) is 19.2. The molecule has 27 heavy (non-hydrogen) atoms. The van der Waals surface area contributed by atoms with Gasteiger partial charge >= 0.3 is 5.97 Å². The molecule has 1 amide bonds. The van der Waals surface area contributed by atoms with Gasteiger partial charge in [-0.3, -0.25) is 9.59 Å². The third-order valence-electron chi connectivity index (χ3n) is 4.54. The molecule has 2 atom stereocenters. The summed E-state index contributed by atoms with van der Waals surface area (Å²) in [7, 11) is 0. The molecule has 0 aliphatic carbocycles. The third kappa shape index (κ3) is 4.94. The molecule has 0 radical (unpaired) electrons. The second-order valence-electron chi connectivity index (χ2n) is 6.70. The Morgan fingerprint density at radius 3 is 2.30 bits per heavy atom. The van der Waals surface area contributed by atoms with Gasteiger partial charge in [0.25, 0.3) is 5.91 Å². The van der Waals surface area contributed by atoms with Crippen LogP contribution in [0.4, 0.5) is 5.69 Å². The summed E-state index contributed by atoms with van der Waals surface area (Å²) in [4.78, 5) is 24.5. The van der Waals surface area contributed by atoms with E-state index in [2.05, 4.69) is 5.32 Å². The fraction of sp³-hybridized carbons (Fsp3) is 0.217. The first kappa shape index (κ1) is 18.6. The Balaban J connectivity index is 1.55. The van der Waals surface area contributed by atoms with Gasteiger partial charge in [-0.05, 0) is 41.3 Å². The number of hydrogen-bond acceptors (Lipinski definition) is 3. The van der Waals surface area contributed by atoms with E-state index >= 15 is 0 Å². The highest BCUT2D eigenvalue weighted by Gasteiger charge is 2.20. The maximum atomic E-state index is 12.4. The number of hydrogen-bond donors (Lipinski definition) is 1. The summed E-state index contributed by atoms with van der Waals surface area (Å²) < 4.78 is 5.31. The van der Waals surface area contributed by atoms with E-state index < -0.39 is 6.10 Å². The SMILES string of the molecule is C[C@@H](OC(=O)C[C@H](C)c1ccccc1)C(=O)Nc1ccc2ccccc2c1. The Morgan fingerprint density at radius 1 is 0.889 bits per heavy atom. The first-order valence-corrected chi connectivity index (χ1v) is 9.07. The van der Waals surface area contributed by atoms with E-state index in [-0.39, 0.29) is 24.2 Å². The van der Waals surface area contributed by atoms with E-state index in [1.807, 2.05) is 79.7 Å². The lowest BCUT2D eigenvalue weighted by atomic mass is 9.98. The molecule has 0 aliphatic rings. The summed E-state index contributed by atoms with van der Waals surface area (Å²) in [5, 5.41) is 4.95. The molecule has 3 aromatic carbocycles. The van der Waals surface area contributed by atoms with E-state index in [1.165, 1.54) is 0 Å². The summed E-state index contributed by atoms with van der Waals surface area (Å²) in [5.74, 6) is -0.687. The van der Waals surface area contributed by atoms with Crippen LogP contribution in [0.2, 0.25) is 0 Å². The Labute approximate surface area is 159 Å². The lowest BCUT2D eigenvalue weighted by molar-refractivity contribution is -0.153. The van der Waals surface area contributed by atoms with Gasteiger partial charge in [-0.1, -0.05) is 67.6 Å². The molecule has 0 fully saturated rings. The summed E-state index contributed by atoms with van der Waals surface area (Å²) in [6.07, 6.45) is -0.621. The molecular weight excluding hydrogens is 338 g/mol. The van der Waals surface area contributed by atoms with Crippen molar-refractivity contribution in [2.45, 2.75) is 32.3 Å². The van der Waals surface area contributed by atoms with Crippen molar-refractivity contribution < 1.29 is 14.3 Å². The maximum absolute atomic E-state index is 12.4. The minimum atomic E-state index is -0.855. The number of carbonyl (C=O) groups excluding carboxylic acids is 2. The van der Waals surface area contributed by atoms with E-state index in [9.17, 15) is 9.59 Å². The number of esters is 1. The minimum Gasteiger partial charge on any atom is -0.453 e. The van der Waals surface area contributed by atoms with Crippen LogP contribution >= 0.6 is 0 Å². The van der Waals surface area contributed by atoms with Crippen LogP contribution in [-0.4, -0.2) is 18.0 Å². The fourth-order valence-corrected chi connectivity index (χ4v) is 2.96. The molecule has 0 saturated carbocycles. The van der Waals surface area contributed by atoms with Crippen molar-refractivity contribution in [2.75, 3.05) is 5.32 Å². The first-order valence-electron chi connectivity index (χ1n) is 9.07. The molecule has 0 spiro atoms. The molecular formula is C23H23NO3. The van der Waals surface area contributed by atoms with Crippen LogP contribution in [0.3, 0.4) is 0 Å². The van der Waals surface area contributed by atoms with E-state index in [0.717, 1.165) is 16.3 Å². The van der Waals surface area contributed by atoms with Crippen LogP contribution in [0.15, 0.2) is 72.8 Å². The van der Waals surface area contributed by atoms with Crippen molar-refractivity contribution in [1.82, 2.24) is 0 Å². The van der Waals surface area contributed by atoms with Crippen LogP contribution in [0.25, 0.3) is 10.8 Å². The topological polar surface area (TPSA) is 55.4 Å². The molecule has 4 nitrogen and oxygen atoms in total. The zero-order valence-electron chi connectivity index (χ0n) is 15.5. The summed E-state index contributed by atoms with van der Waals surface area (Å²) in [6.45, 7) is 3.55. The summed E-state index contributed by atoms with van der Waals surface area (Å²) >= 11 is 0. The normalized spacial score (nSPS) is 13.0. The molecule has 138 valence electrons. The van der Waals surface area contributed by atoms with E-state index in [4.69, 9.17) is 4.74 Å². The maximum Gasteiger partial charge on any atom is 0.307 e. The van der Waals surface area contributed by atoms with Gasteiger partial charge in [-0.25, -0.2) is 0 Å². The molecule has 0 heterocycles. The number of nitrogens with one attached hydrogen (secondary N) is 1. The number of ether oxygens (including phenoxy) is 1. The first-order chi connectivity index (χ1) is 13.0. The van der Waals surface area contributed by atoms with Crippen LogP contribution in [-0.2, 0) is 14.3 Å². The highest BCUT2D eigenvalue weighted by atomic mass is 16.5. The van der Waals surface area contributed by atoms with Gasteiger partial charge in [-0.15, -0.1) is 0 Å². The lowest BCUT2D eigenvalue weighted by Crippen LogP contribution is -2.30. The largest absolute Gasteiger partial charge is 0.453 e. The molecule has 0 bridgehead atoms. The number of anilines is 1. The van der Waals surface area contributed by atoms with Crippen molar-refractivity contribution in [3.05, 3.63) is 78.4 Å². The van der Waals surface area contributed by atoms with Crippen LogP contribution in [0.5, 0.6) is 0 Å². The highest BCUT2D eigenvalue weighted by molar-refractivity contribution is 5.97. The molecule has 0 saturated heterocycles. The predicted molar refractivity (Wildman–Crippen MR) is 108 cm³/mol. The smallest absolute Gasteiger partial charge is 0.307 e. The monoisotopic (exact) mass is 361 g/mol. The van der Waals surface area contributed by atoms with E-state index in [0.29, 0.717) is 5.69 Å². The van der Waals surface area contributed by atoms with Crippen molar-refractivity contribution in [2.24, 2.45) is 0 Å². The van der Waals surface area contributed by atoms with Crippen LogP contribution in [0, 0.1) is 0 Å². The van der Waals surface area contributed by atoms with Crippen molar-refractivity contribution in [3.63, 3.8) is 0 Å². The van der Waals surface area contributed by atoms with Gasteiger partial charge in [0.1, 0.15) is 0 Å². The van der Waals surface area contributed by atoms with Gasteiger partial charge in [0, 0.05) is 5.69 Å². The van der Waals surface area contributed by atoms with Gasteiger partial charge in [0.05, 0.1) is 6.42 Å². The summed E-state index contributed by atoms with van der Waals surface area (Å²) in [6, 6.07) is 23.4. The second kappa shape index (κ2) is 8.49. The van der Waals surface area contributed by atoms with Crippen LogP contribution < -0.4 is 5.32 Å². The van der Waals surface area contributed by atoms with Crippen molar-refractivity contribution in [3.8, 4) is 0 Å². The lowest BCUT2D eigenvalue weighted by Gasteiger charge is -2.16. The standard InChI is InChI=1S/C23H23NO3/c1-16(18-8-4-3-5-9-18)14-22(25)27-17(2)23(26)24-21-13-12-19-10-6-7-11-20(19)15-21/h3-13,15-17H,14H2,1-2H3,(H,24,26)/t16-,17+/m0/s1. The second-order valence-corrected chi connectivity index (χ2v) is 6.70. The number of benzene rings is 3. The van der Waals surface area contributed by atoms with Gasteiger partial charge in [-0.2, -0.15) is 0 Å². The molecule has 3 aromatic rings. The Bertz CT molecular complexity index is 937. The Hall–Kier alpha value is -3.14. The Kier molecular flexibility index (Phi) is 5.87. The zero-order valence-corrected chi connectivity index (χ0v) is 15.5. The van der Waals surface area contributed by atoms with Gasteiger partial charge in [0.2, 0.25) is 0 Å². The quantitative estimate of drug-likeness (QED) is 0.635. The van der Waals surface area contributed by atoms with Gasteiger partial charge < -0.3 is 10.1 Å². The van der Waals surface area contributed by atoms with Crippen LogP contribution in [0.1, 0.15) is 31.7 Å². The molecule has 1 N–H and O–H groups in total. The third-order valence-corrected chi connectivity index (χ3v) is 4.54. The molecule has 0 aliphatic heterocycles. The van der Waals surface area contributed by atoms with Crippen molar-refractivity contribution >= 4 is 28.3 Å². The summed E-state index contributed by atoms with van der Waals surface area (Å²) in [5.41, 5.74) is 1.75. The predicted octanol–water partition coefficient (Wildman–Crippen LogP) is 4.90. The molecule has 3 rings (SSSR count). The molecule has 0 unspecified atom stereocenters. The Morgan fingerprint density at radius 2 is 1.56 bits per heavy atom. The highest BCUT2D eigenvalue weighted by Crippen LogP contribution is 2.21. The molecule has 0 aromatic heterocycles.